The van der Waals surface area contributed by atoms with Crippen LogP contribution >= 0.6 is 0 Å². The Kier molecular flexibility index (Phi) is 4.41. The van der Waals surface area contributed by atoms with Crippen LogP contribution in [0.1, 0.15) is 5.56 Å². The second kappa shape index (κ2) is 5.82. The Hall–Kier alpha value is -1.95. The van der Waals surface area contributed by atoms with E-state index in [9.17, 15) is 4.79 Å². The van der Waals surface area contributed by atoms with Gasteiger partial charge in [-0.05, 0) is 6.07 Å². The van der Waals surface area contributed by atoms with Gasteiger partial charge in [0.1, 0.15) is 11.5 Å². The van der Waals surface area contributed by atoms with Crippen LogP contribution in [0.25, 0.3) is 0 Å². The second-order valence-electron chi connectivity index (χ2n) is 2.96. The van der Waals surface area contributed by atoms with Crippen molar-refractivity contribution in [1.82, 2.24) is 10.9 Å². The minimum Gasteiger partial charge on any atom is -0.497 e. The minimum absolute atomic E-state index is 0.333. The Labute approximate surface area is 93.1 Å². The summed E-state index contributed by atoms with van der Waals surface area (Å²) in [7, 11) is 3.11. The van der Waals surface area contributed by atoms with Crippen molar-refractivity contribution in [2.45, 2.75) is 6.54 Å². The fourth-order valence-corrected chi connectivity index (χ4v) is 1.21. The maximum Gasteiger partial charge on any atom is 0.419 e. The van der Waals surface area contributed by atoms with E-state index in [0.29, 0.717) is 18.0 Å². The summed E-state index contributed by atoms with van der Waals surface area (Å²) in [5.41, 5.74) is 5.43. The van der Waals surface area contributed by atoms with Gasteiger partial charge >= 0.3 is 6.09 Å². The van der Waals surface area contributed by atoms with Gasteiger partial charge < -0.3 is 14.6 Å². The summed E-state index contributed by atoms with van der Waals surface area (Å²) in [6, 6.07) is 5.31. The van der Waals surface area contributed by atoms with Crippen LogP contribution in [0.4, 0.5) is 4.79 Å². The molecule has 16 heavy (non-hydrogen) atoms. The van der Waals surface area contributed by atoms with Crippen molar-refractivity contribution in [2.24, 2.45) is 0 Å². The fraction of sp³-hybridized carbons (Fsp3) is 0.300. The summed E-state index contributed by atoms with van der Waals surface area (Å²) in [5, 5.41) is 8.38. The largest absolute Gasteiger partial charge is 0.497 e. The third kappa shape index (κ3) is 3.32. The zero-order chi connectivity index (χ0) is 12.0. The first-order chi connectivity index (χ1) is 7.67. The lowest BCUT2D eigenvalue weighted by Gasteiger charge is -2.10. The van der Waals surface area contributed by atoms with E-state index in [0.717, 1.165) is 5.56 Å². The summed E-state index contributed by atoms with van der Waals surface area (Å²) in [4.78, 5) is 10.2. The van der Waals surface area contributed by atoms with Gasteiger partial charge in [0.15, 0.2) is 0 Å². The SMILES string of the molecule is COc1ccc(CNNC(=O)O)c(OC)c1. The van der Waals surface area contributed by atoms with Crippen LogP contribution in [-0.2, 0) is 6.54 Å². The van der Waals surface area contributed by atoms with Crippen molar-refractivity contribution < 1.29 is 19.4 Å². The molecule has 0 atom stereocenters. The molecule has 1 rings (SSSR count). The normalized spacial score (nSPS) is 9.62. The van der Waals surface area contributed by atoms with Crippen LogP contribution in [0.5, 0.6) is 11.5 Å². The molecule has 1 aromatic carbocycles. The monoisotopic (exact) mass is 226 g/mol. The molecule has 0 bridgehead atoms. The van der Waals surface area contributed by atoms with Crippen LogP contribution in [0, 0.1) is 0 Å². The lowest BCUT2D eigenvalue weighted by atomic mass is 10.2. The lowest BCUT2D eigenvalue weighted by molar-refractivity contribution is 0.188. The molecule has 0 unspecified atom stereocenters. The van der Waals surface area contributed by atoms with Crippen molar-refractivity contribution in [3.8, 4) is 11.5 Å². The van der Waals surface area contributed by atoms with Crippen LogP contribution in [0.2, 0.25) is 0 Å². The third-order valence-corrected chi connectivity index (χ3v) is 1.97. The number of benzene rings is 1. The van der Waals surface area contributed by atoms with E-state index in [1.165, 1.54) is 0 Å². The number of hydrogen-bond donors (Lipinski definition) is 3. The highest BCUT2D eigenvalue weighted by molar-refractivity contribution is 5.63. The second-order valence-corrected chi connectivity index (χ2v) is 2.96. The van der Waals surface area contributed by atoms with Gasteiger partial charge in [-0.3, -0.25) is 5.43 Å². The first-order valence-corrected chi connectivity index (χ1v) is 4.60. The maximum atomic E-state index is 10.2. The minimum atomic E-state index is -1.13. The van der Waals surface area contributed by atoms with Gasteiger partial charge in [0, 0.05) is 18.2 Å². The van der Waals surface area contributed by atoms with E-state index < -0.39 is 6.09 Å². The Bertz CT molecular complexity index is 368. The van der Waals surface area contributed by atoms with Gasteiger partial charge in [0.05, 0.1) is 14.2 Å². The van der Waals surface area contributed by atoms with Gasteiger partial charge in [0.2, 0.25) is 0 Å². The number of carbonyl (C=O) groups is 1. The lowest BCUT2D eigenvalue weighted by Crippen LogP contribution is -2.35. The van der Waals surface area contributed by atoms with Crippen molar-refractivity contribution in [3.63, 3.8) is 0 Å². The van der Waals surface area contributed by atoms with Crippen molar-refractivity contribution >= 4 is 6.09 Å². The number of methoxy groups -OCH3 is 2. The molecule has 3 N–H and O–H groups in total. The van der Waals surface area contributed by atoms with E-state index in [4.69, 9.17) is 14.6 Å². The zero-order valence-electron chi connectivity index (χ0n) is 9.11. The quantitative estimate of drug-likeness (QED) is 0.652. The molecule has 0 aromatic heterocycles. The Balaban J connectivity index is 2.68. The Morgan fingerprint density at radius 2 is 2.12 bits per heavy atom. The first-order valence-electron chi connectivity index (χ1n) is 4.60. The van der Waals surface area contributed by atoms with E-state index in [-0.39, 0.29) is 0 Å². The molecule has 0 saturated carbocycles. The smallest absolute Gasteiger partial charge is 0.419 e. The number of rotatable bonds is 5. The predicted octanol–water partition coefficient (Wildman–Crippen LogP) is 0.976. The molecule has 0 aliphatic heterocycles. The molecule has 0 aliphatic rings. The number of nitrogens with one attached hydrogen (secondary N) is 2. The van der Waals surface area contributed by atoms with Crippen LogP contribution < -0.4 is 20.3 Å². The summed E-state index contributed by atoms with van der Waals surface area (Å²) in [6.07, 6.45) is -1.13. The predicted molar refractivity (Wildman–Crippen MR) is 57.5 cm³/mol. The molecule has 88 valence electrons. The molecule has 1 amide bonds. The number of amides is 1. The number of hydrogen-bond acceptors (Lipinski definition) is 4. The Morgan fingerprint density at radius 3 is 2.69 bits per heavy atom. The zero-order valence-corrected chi connectivity index (χ0v) is 9.11. The molecular weight excluding hydrogens is 212 g/mol. The molecule has 0 radical (unpaired) electrons. The Morgan fingerprint density at radius 1 is 1.38 bits per heavy atom. The molecule has 6 heteroatoms. The highest BCUT2D eigenvalue weighted by atomic mass is 16.5. The van der Waals surface area contributed by atoms with Gasteiger partial charge in [-0.15, -0.1) is 0 Å². The maximum absolute atomic E-state index is 10.2. The topological polar surface area (TPSA) is 79.8 Å². The standard InChI is InChI=1S/C10H14N2O4/c1-15-8-4-3-7(9(5-8)16-2)6-11-12-10(13)14/h3-5,11-12H,6H2,1-2H3,(H,13,14). The highest BCUT2D eigenvalue weighted by Crippen LogP contribution is 2.24. The average molecular weight is 226 g/mol. The third-order valence-electron chi connectivity index (χ3n) is 1.97. The molecule has 0 fully saturated rings. The summed E-state index contributed by atoms with van der Waals surface area (Å²) in [6.45, 7) is 0.333. The molecule has 6 nitrogen and oxygen atoms in total. The molecule has 0 saturated heterocycles. The summed E-state index contributed by atoms with van der Waals surface area (Å²) in [5.74, 6) is 1.32. The van der Waals surface area contributed by atoms with Gasteiger partial charge in [-0.2, -0.15) is 0 Å². The van der Waals surface area contributed by atoms with Gasteiger partial charge in [-0.1, -0.05) is 6.07 Å². The number of carboxylic acid groups (broad SMARTS) is 1. The molecule has 0 heterocycles. The molecular formula is C10H14N2O4. The molecule has 1 aromatic rings. The van der Waals surface area contributed by atoms with Gasteiger partial charge in [0.25, 0.3) is 0 Å². The highest BCUT2D eigenvalue weighted by Gasteiger charge is 2.04. The summed E-state index contributed by atoms with van der Waals surface area (Å²) < 4.78 is 10.2. The van der Waals surface area contributed by atoms with Crippen molar-refractivity contribution in [3.05, 3.63) is 23.8 Å². The fourth-order valence-electron chi connectivity index (χ4n) is 1.21. The average Bonchev–Trinajstić information content (AvgIpc) is 2.29. The van der Waals surface area contributed by atoms with E-state index in [1.807, 2.05) is 0 Å². The molecule has 0 spiro atoms. The first kappa shape index (κ1) is 12.1. The van der Waals surface area contributed by atoms with E-state index in [1.54, 1.807) is 32.4 Å². The summed E-state index contributed by atoms with van der Waals surface area (Å²) >= 11 is 0. The van der Waals surface area contributed by atoms with Gasteiger partial charge in [-0.25, -0.2) is 10.2 Å². The number of ether oxygens (including phenoxy) is 2. The van der Waals surface area contributed by atoms with Crippen molar-refractivity contribution in [2.75, 3.05) is 14.2 Å². The van der Waals surface area contributed by atoms with Crippen LogP contribution in [0.15, 0.2) is 18.2 Å². The van der Waals surface area contributed by atoms with E-state index >= 15 is 0 Å². The number of hydrazine groups is 1. The van der Waals surface area contributed by atoms with Crippen molar-refractivity contribution in [1.29, 1.82) is 0 Å². The molecule has 0 aliphatic carbocycles. The van der Waals surface area contributed by atoms with Crippen LogP contribution in [0.3, 0.4) is 0 Å². The van der Waals surface area contributed by atoms with Crippen LogP contribution in [-0.4, -0.2) is 25.4 Å². The van der Waals surface area contributed by atoms with E-state index in [2.05, 4.69) is 10.9 Å².